The number of carboxylic acid groups (broad SMARTS) is 1. The molecule has 3 heterocycles. The van der Waals surface area contributed by atoms with Gasteiger partial charge >= 0.3 is 5.97 Å². The van der Waals surface area contributed by atoms with E-state index in [1.165, 1.54) is 11.3 Å². The third-order valence-corrected chi connectivity index (χ3v) is 4.13. The number of carboxylic acids is 1. The van der Waals surface area contributed by atoms with E-state index in [1.807, 2.05) is 18.5 Å². The summed E-state index contributed by atoms with van der Waals surface area (Å²) in [5, 5.41) is 8.89. The fourth-order valence-electron chi connectivity index (χ4n) is 2.16. The van der Waals surface area contributed by atoms with Crippen LogP contribution in [0.5, 0.6) is 0 Å². The van der Waals surface area contributed by atoms with Gasteiger partial charge < -0.3 is 9.67 Å². The van der Waals surface area contributed by atoms with Crippen LogP contribution in [0.4, 0.5) is 0 Å². The molecule has 1 aliphatic heterocycles. The predicted octanol–water partition coefficient (Wildman–Crippen LogP) is 1.66. The molecule has 0 aromatic carbocycles. The summed E-state index contributed by atoms with van der Waals surface area (Å²) in [4.78, 5) is 18.9. The van der Waals surface area contributed by atoms with Gasteiger partial charge in [-0.05, 0) is 12.1 Å². The molecule has 0 radical (unpaired) electrons. The third kappa shape index (κ3) is 2.16. The second kappa shape index (κ2) is 4.55. The monoisotopic (exact) mass is 263 g/mol. The van der Waals surface area contributed by atoms with Crippen LogP contribution in [0.3, 0.4) is 0 Å². The Kier molecular flexibility index (Phi) is 2.89. The summed E-state index contributed by atoms with van der Waals surface area (Å²) < 4.78 is 2.16. The summed E-state index contributed by atoms with van der Waals surface area (Å²) in [5.74, 6) is 0.233. The standard InChI is InChI=1S/C12H13N3O2S/c16-12(17)10-2-1-9(18-10)7-14-5-6-15-4-3-13-11(15)8-14/h1-4H,5-8H2,(H,16,17). The minimum atomic E-state index is -0.847. The smallest absolute Gasteiger partial charge is 0.345 e. The van der Waals surface area contributed by atoms with Crippen molar-refractivity contribution in [3.05, 3.63) is 40.1 Å². The zero-order chi connectivity index (χ0) is 12.5. The second-order valence-corrected chi connectivity index (χ2v) is 5.49. The zero-order valence-electron chi connectivity index (χ0n) is 9.74. The van der Waals surface area contributed by atoms with Crippen molar-refractivity contribution >= 4 is 17.3 Å². The lowest BCUT2D eigenvalue weighted by Crippen LogP contribution is -2.32. The number of hydrogen-bond donors (Lipinski definition) is 1. The summed E-state index contributed by atoms with van der Waals surface area (Å²) in [6.07, 6.45) is 3.83. The van der Waals surface area contributed by atoms with Gasteiger partial charge in [-0.15, -0.1) is 11.3 Å². The van der Waals surface area contributed by atoms with Crippen LogP contribution < -0.4 is 0 Å². The first kappa shape index (κ1) is 11.4. The fourth-order valence-corrected chi connectivity index (χ4v) is 3.05. The Morgan fingerprint density at radius 3 is 3.11 bits per heavy atom. The Bertz CT molecular complexity index is 575. The lowest BCUT2D eigenvalue weighted by atomic mass is 10.3. The molecule has 1 aliphatic rings. The highest BCUT2D eigenvalue weighted by Gasteiger charge is 2.17. The average molecular weight is 263 g/mol. The Balaban J connectivity index is 1.68. The summed E-state index contributed by atoms with van der Waals surface area (Å²) in [7, 11) is 0. The fraction of sp³-hybridized carbons (Fsp3) is 0.333. The van der Waals surface area contributed by atoms with E-state index in [2.05, 4.69) is 14.5 Å². The van der Waals surface area contributed by atoms with Gasteiger partial charge in [-0.2, -0.15) is 0 Å². The Morgan fingerprint density at radius 1 is 1.44 bits per heavy atom. The largest absolute Gasteiger partial charge is 0.477 e. The van der Waals surface area contributed by atoms with E-state index in [0.29, 0.717) is 4.88 Å². The van der Waals surface area contributed by atoms with Gasteiger partial charge in [0, 0.05) is 36.9 Å². The van der Waals surface area contributed by atoms with E-state index in [-0.39, 0.29) is 0 Å². The van der Waals surface area contributed by atoms with Crippen LogP contribution in [0.2, 0.25) is 0 Å². The molecule has 0 aliphatic carbocycles. The summed E-state index contributed by atoms with van der Waals surface area (Å²) in [6.45, 7) is 3.55. The molecule has 3 rings (SSSR count). The topological polar surface area (TPSA) is 58.4 Å². The lowest BCUT2D eigenvalue weighted by molar-refractivity contribution is 0.0702. The van der Waals surface area contributed by atoms with Crippen molar-refractivity contribution in [2.24, 2.45) is 0 Å². The Hall–Kier alpha value is -1.66. The Labute approximate surface area is 108 Å². The van der Waals surface area contributed by atoms with E-state index in [4.69, 9.17) is 5.11 Å². The molecule has 94 valence electrons. The van der Waals surface area contributed by atoms with Gasteiger partial charge in [0.05, 0.1) is 6.54 Å². The quantitative estimate of drug-likeness (QED) is 0.915. The molecule has 0 saturated carbocycles. The number of hydrogen-bond acceptors (Lipinski definition) is 4. The van der Waals surface area contributed by atoms with Crippen LogP contribution in [0.25, 0.3) is 0 Å². The summed E-state index contributed by atoms with van der Waals surface area (Å²) in [5.41, 5.74) is 0. The molecule has 1 N–H and O–H groups in total. The lowest BCUT2D eigenvalue weighted by Gasteiger charge is -2.26. The maximum atomic E-state index is 10.8. The number of carbonyl (C=O) groups is 1. The molecule has 5 nitrogen and oxygen atoms in total. The minimum Gasteiger partial charge on any atom is -0.477 e. The molecule has 0 unspecified atom stereocenters. The van der Waals surface area contributed by atoms with Crippen LogP contribution in [0.15, 0.2) is 24.5 Å². The number of rotatable bonds is 3. The number of imidazole rings is 1. The van der Waals surface area contributed by atoms with Crippen LogP contribution in [-0.2, 0) is 19.6 Å². The van der Waals surface area contributed by atoms with Gasteiger partial charge in [-0.3, -0.25) is 4.90 Å². The van der Waals surface area contributed by atoms with Gasteiger partial charge in [-0.25, -0.2) is 9.78 Å². The summed E-state index contributed by atoms with van der Waals surface area (Å²) in [6, 6.07) is 3.57. The van der Waals surface area contributed by atoms with E-state index in [0.717, 1.165) is 36.9 Å². The van der Waals surface area contributed by atoms with E-state index in [1.54, 1.807) is 6.07 Å². The number of aromatic nitrogens is 2. The normalized spacial score (nSPS) is 15.6. The van der Waals surface area contributed by atoms with Crippen molar-refractivity contribution in [3.8, 4) is 0 Å². The Morgan fingerprint density at radius 2 is 2.33 bits per heavy atom. The second-order valence-electron chi connectivity index (χ2n) is 4.32. The number of aromatic carboxylic acids is 1. The van der Waals surface area contributed by atoms with E-state index < -0.39 is 5.97 Å². The number of fused-ring (bicyclic) bond motifs is 1. The highest BCUT2D eigenvalue weighted by atomic mass is 32.1. The first-order valence-corrected chi connectivity index (χ1v) is 6.58. The van der Waals surface area contributed by atoms with Crippen LogP contribution in [0, 0.1) is 0 Å². The van der Waals surface area contributed by atoms with Crippen molar-refractivity contribution in [1.82, 2.24) is 14.5 Å². The van der Waals surface area contributed by atoms with Gasteiger partial charge in [-0.1, -0.05) is 0 Å². The molecular formula is C12H13N3O2S. The molecule has 0 saturated heterocycles. The molecule has 0 amide bonds. The van der Waals surface area contributed by atoms with Crippen LogP contribution in [-0.4, -0.2) is 32.1 Å². The van der Waals surface area contributed by atoms with Crippen LogP contribution in [0.1, 0.15) is 20.4 Å². The first-order valence-electron chi connectivity index (χ1n) is 5.77. The zero-order valence-corrected chi connectivity index (χ0v) is 10.6. The molecule has 0 atom stereocenters. The summed E-state index contributed by atoms with van der Waals surface area (Å²) >= 11 is 1.35. The molecular weight excluding hydrogens is 250 g/mol. The van der Waals surface area contributed by atoms with Crippen LogP contribution >= 0.6 is 11.3 Å². The van der Waals surface area contributed by atoms with Gasteiger partial charge in [0.2, 0.25) is 0 Å². The van der Waals surface area contributed by atoms with Crippen molar-refractivity contribution < 1.29 is 9.90 Å². The van der Waals surface area contributed by atoms with E-state index >= 15 is 0 Å². The maximum Gasteiger partial charge on any atom is 0.345 e. The average Bonchev–Trinajstić information content (AvgIpc) is 2.96. The number of nitrogens with zero attached hydrogens (tertiary/aromatic N) is 3. The third-order valence-electron chi connectivity index (χ3n) is 3.08. The first-order chi connectivity index (χ1) is 8.72. The van der Waals surface area contributed by atoms with Crippen molar-refractivity contribution in [2.75, 3.05) is 6.54 Å². The van der Waals surface area contributed by atoms with Gasteiger partial charge in [0.25, 0.3) is 0 Å². The van der Waals surface area contributed by atoms with E-state index in [9.17, 15) is 4.79 Å². The van der Waals surface area contributed by atoms with Crippen molar-refractivity contribution in [3.63, 3.8) is 0 Å². The molecule has 6 heteroatoms. The molecule has 2 aromatic heterocycles. The van der Waals surface area contributed by atoms with Gasteiger partial charge in [0.15, 0.2) is 0 Å². The SMILES string of the molecule is O=C(O)c1ccc(CN2CCn3ccnc3C2)s1. The predicted molar refractivity (Wildman–Crippen MR) is 67.6 cm³/mol. The van der Waals surface area contributed by atoms with Gasteiger partial charge in [0.1, 0.15) is 10.7 Å². The molecule has 18 heavy (non-hydrogen) atoms. The maximum absolute atomic E-state index is 10.8. The van der Waals surface area contributed by atoms with Crippen molar-refractivity contribution in [1.29, 1.82) is 0 Å². The minimum absolute atomic E-state index is 0.406. The molecule has 2 aromatic rings. The molecule has 0 fully saturated rings. The molecule has 0 spiro atoms. The highest BCUT2D eigenvalue weighted by molar-refractivity contribution is 7.13. The number of thiophene rings is 1. The molecule has 0 bridgehead atoms. The van der Waals surface area contributed by atoms with Crippen molar-refractivity contribution in [2.45, 2.75) is 19.6 Å². The highest BCUT2D eigenvalue weighted by Crippen LogP contribution is 2.20.